The van der Waals surface area contributed by atoms with Gasteiger partial charge in [-0.25, -0.2) is 4.79 Å². The van der Waals surface area contributed by atoms with Gasteiger partial charge in [-0.05, 0) is 37.5 Å². The van der Waals surface area contributed by atoms with Gasteiger partial charge in [0, 0.05) is 11.6 Å². The van der Waals surface area contributed by atoms with Gasteiger partial charge in [-0.2, -0.15) is 0 Å². The molecule has 1 aliphatic heterocycles. The Morgan fingerprint density at radius 2 is 2.09 bits per heavy atom. The van der Waals surface area contributed by atoms with Crippen molar-refractivity contribution in [2.75, 3.05) is 13.2 Å². The summed E-state index contributed by atoms with van der Waals surface area (Å²) in [5, 5.41) is 9.92. The summed E-state index contributed by atoms with van der Waals surface area (Å²) in [5.41, 5.74) is 5.20. The van der Waals surface area contributed by atoms with Crippen LogP contribution in [0.1, 0.15) is 29.6 Å². The molecule has 0 spiro atoms. The van der Waals surface area contributed by atoms with E-state index in [1.807, 2.05) is 0 Å². The summed E-state index contributed by atoms with van der Waals surface area (Å²) in [6.07, 6.45) is 2.09. The van der Waals surface area contributed by atoms with Gasteiger partial charge in [0.1, 0.15) is 17.4 Å². The number of rotatable bonds is 4. The number of esters is 1. The van der Waals surface area contributed by atoms with E-state index in [9.17, 15) is 19.5 Å². The van der Waals surface area contributed by atoms with Crippen molar-refractivity contribution in [3.63, 3.8) is 0 Å². The van der Waals surface area contributed by atoms with E-state index in [-0.39, 0.29) is 16.3 Å². The number of aromatic hydroxyl groups is 1. The minimum Gasteiger partial charge on any atom is -0.507 e. The average molecular weight is 341 g/mol. The number of hydrogen-bond donors (Lipinski definition) is 2. The summed E-state index contributed by atoms with van der Waals surface area (Å²) in [4.78, 5) is 36.8. The number of phenols is 1. The standard InChI is InChI=1S/C15H17ClN2O5/c16-9-4-5-10(12(19)7-9)15(22)23-8-13(20)18-6-2-1-3-11(18)14(17)21/h4-5,7,11,19H,1-3,6,8H2,(H2,17,21)/t11-/m1/s1. The van der Waals surface area contributed by atoms with E-state index in [2.05, 4.69) is 0 Å². The number of piperidine rings is 1. The quantitative estimate of drug-likeness (QED) is 0.797. The molecule has 1 saturated heterocycles. The van der Waals surface area contributed by atoms with E-state index in [0.29, 0.717) is 13.0 Å². The van der Waals surface area contributed by atoms with Crippen LogP contribution in [0.25, 0.3) is 0 Å². The lowest BCUT2D eigenvalue weighted by Gasteiger charge is -2.33. The fourth-order valence-corrected chi connectivity index (χ4v) is 2.66. The number of carbonyl (C=O) groups excluding carboxylic acids is 3. The number of halogens is 1. The van der Waals surface area contributed by atoms with Crippen molar-refractivity contribution in [1.29, 1.82) is 0 Å². The maximum absolute atomic E-state index is 12.1. The van der Waals surface area contributed by atoms with Gasteiger partial charge in [0.05, 0.1) is 0 Å². The highest BCUT2D eigenvalue weighted by Gasteiger charge is 2.31. The number of benzene rings is 1. The molecule has 0 bridgehead atoms. The first-order valence-corrected chi connectivity index (χ1v) is 7.52. The molecule has 3 N–H and O–H groups in total. The van der Waals surface area contributed by atoms with Crippen molar-refractivity contribution in [2.45, 2.75) is 25.3 Å². The van der Waals surface area contributed by atoms with Crippen LogP contribution in [-0.4, -0.2) is 47.0 Å². The van der Waals surface area contributed by atoms with Gasteiger partial charge in [-0.1, -0.05) is 11.6 Å². The molecule has 2 rings (SSSR count). The zero-order chi connectivity index (χ0) is 17.0. The number of primary amides is 1. The molecule has 1 aliphatic rings. The van der Waals surface area contributed by atoms with Crippen LogP contribution in [-0.2, 0) is 14.3 Å². The maximum atomic E-state index is 12.1. The Hall–Kier alpha value is -2.28. The van der Waals surface area contributed by atoms with Gasteiger partial charge in [-0.15, -0.1) is 0 Å². The number of ether oxygens (including phenoxy) is 1. The number of phenolic OH excluding ortho intramolecular Hbond substituents is 1. The molecule has 0 saturated carbocycles. The van der Waals surface area contributed by atoms with E-state index in [1.54, 1.807) is 0 Å². The van der Waals surface area contributed by atoms with Crippen LogP contribution in [0.15, 0.2) is 18.2 Å². The SMILES string of the molecule is NC(=O)[C@H]1CCCCN1C(=O)COC(=O)c1ccc(Cl)cc1O. The monoisotopic (exact) mass is 340 g/mol. The lowest BCUT2D eigenvalue weighted by molar-refractivity contribution is -0.143. The first-order chi connectivity index (χ1) is 10.9. The van der Waals surface area contributed by atoms with Gasteiger partial charge in [0.25, 0.3) is 5.91 Å². The van der Waals surface area contributed by atoms with Crippen LogP contribution in [0.3, 0.4) is 0 Å². The van der Waals surface area contributed by atoms with Crippen molar-refractivity contribution in [2.24, 2.45) is 5.73 Å². The third kappa shape index (κ3) is 4.13. The van der Waals surface area contributed by atoms with E-state index in [1.165, 1.54) is 23.1 Å². The second-order valence-corrected chi connectivity index (χ2v) is 5.68. The molecule has 1 atom stereocenters. The molecule has 0 radical (unpaired) electrons. The number of carbonyl (C=O) groups is 3. The summed E-state index contributed by atoms with van der Waals surface area (Å²) < 4.78 is 4.91. The number of nitrogens with zero attached hydrogens (tertiary/aromatic N) is 1. The number of amides is 2. The van der Waals surface area contributed by atoms with Crippen molar-refractivity contribution < 1.29 is 24.2 Å². The maximum Gasteiger partial charge on any atom is 0.342 e. The molecular weight excluding hydrogens is 324 g/mol. The van der Waals surface area contributed by atoms with Crippen molar-refractivity contribution in [1.82, 2.24) is 4.90 Å². The fraction of sp³-hybridized carbons (Fsp3) is 0.400. The zero-order valence-electron chi connectivity index (χ0n) is 12.3. The number of likely N-dealkylation sites (tertiary alicyclic amines) is 1. The third-order valence-electron chi connectivity index (χ3n) is 3.66. The molecule has 0 aromatic heterocycles. The second-order valence-electron chi connectivity index (χ2n) is 5.24. The zero-order valence-corrected chi connectivity index (χ0v) is 13.1. The van der Waals surface area contributed by atoms with Gasteiger partial charge in [0.2, 0.25) is 5.91 Å². The molecular formula is C15H17ClN2O5. The van der Waals surface area contributed by atoms with Crippen LogP contribution < -0.4 is 5.73 Å². The minimum absolute atomic E-state index is 0.0905. The molecule has 124 valence electrons. The summed E-state index contributed by atoms with van der Waals surface area (Å²) in [6.45, 7) is -0.124. The van der Waals surface area contributed by atoms with Crippen LogP contribution in [0.4, 0.5) is 0 Å². The summed E-state index contributed by atoms with van der Waals surface area (Å²) >= 11 is 5.68. The highest BCUT2D eigenvalue weighted by Crippen LogP contribution is 2.23. The van der Waals surface area contributed by atoms with Crippen LogP contribution >= 0.6 is 11.6 Å². The van der Waals surface area contributed by atoms with E-state index in [4.69, 9.17) is 22.1 Å². The normalized spacial score (nSPS) is 17.6. The molecule has 2 amide bonds. The molecule has 8 heteroatoms. The van der Waals surface area contributed by atoms with Crippen LogP contribution in [0, 0.1) is 0 Å². The summed E-state index contributed by atoms with van der Waals surface area (Å²) in [5.74, 6) is -2.24. The Kier molecular flexibility index (Phi) is 5.44. The number of nitrogens with two attached hydrogens (primary N) is 1. The van der Waals surface area contributed by atoms with Crippen molar-refractivity contribution in [3.8, 4) is 5.75 Å². The molecule has 0 unspecified atom stereocenters. The first kappa shape index (κ1) is 17.1. The van der Waals surface area contributed by atoms with Crippen molar-refractivity contribution >= 4 is 29.4 Å². The van der Waals surface area contributed by atoms with Crippen LogP contribution in [0.2, 0.25) is 5.02 Å². The smallest absolute Gasteiger partial charge is 0.342 e. The Morgan fingerprint density at radius 3 is 2.74 bits per heavy atom. The lowest BCUT2D eigenvalue weighted by Crippen LogP contribution is -2.51. The Balaban J connectivity index is 1.97. The van der Waals surface area contributed by atoms with E-state index in [0.717, 1.165) is 12.8 Å². The highest BCUT2D eigenvalue weighted by atomic mass is 35.5. The van der Waals surface area contributed by atoms with Gasteiger partial charge in [0.15, 0.2) is 6.61 Å². The largest absolute Gasteiger partial charge is 0.507 e. The lowest BCUT2D eigenvalue weighted by atomic mass is 10.0. The Morgan fingerprint density at radius 1 is 1.35 bits per heavy atom. The molecule has 0 aliphatic carbocycles. The predicted octanol–water partition coefficient (Wildman–Crippen LogP) is 1.07. The predicted molar refractivity (Wildman–Crippen MR) is 81.9 cm³/mol. The topological polar surface area (TPSA) is 110 Å². The summed E-state index contributed by atoms with van der Waals surface area (Å²) in [7, 11) is 0. The highest BCUT2D eigenvalue weighted by molar-refractivity contribution is 6.30. The van der Waals surface area contributed by atoms with Gasteiger partial charge < -0.3 is 20.5 Å². The fourth-order valence-electron chi connectivity index (χ4n) is 2.49. The molecule has 7 nitrogen and oxygen atoms in total. The average Bonchev–Trinajstić information content (AvgIpc) is 2.52. The van der Waals surface area contributed by atoms with E-state index >= 15 is 0 Å². The Labute approximate surface area is 138 Å². The molecule has 23 heavy (non-hydrogen) atoms. The Bertz CT molecular complexity index is 634. The molecule has 1 fully saturated rings. The minimum atomic E-state index is -0.847. The third-order valence-corrected chi connectivity index (χ3v) is 3.89. The van der Waals surface area contributed by atoms with Gasteiger partial charge >= 0.3 is 5.97 Å². The molecule has 1 aromatic carbocycles. The molecule has 1 aromatic rings. The number of hydrogen-bond acceptors (Lipinski definition) is 5. The first-order valence-electron chi connectivity index (χ1n) is 7.14. The summed E-state index contributed by atoms with van der Waals surface area (Å²) in [6, 6.07) is 3.26. The second kappa shape index (κ2) is 7.32. The van der Waals surface area contributed by atoms with Crippen LogP contribution in [0.5, 0.6) is 5.75 Å². The van der Waals surface area contributed by atoms with Crippen molar-refractivity contribution in [3.05, 3.63) is 28.8 Å². The van der Waals surface area contributed by atoms with E-state index < -0.39 is 30.4 Å². The molecule has 1 heterocycles. The van der Waals surface area contributed by atoms with Gasteiger partial charge in [-0.3, -0.25) is 9.59 Å².